The molecule has 0 aliphatic heterocycles. The number of halogens is 4. The number of hydrogen-bond donors (Lipinski definition) is 0. The standard InChI is InChI=1S/C17H17F4O2.Y/c1-5-6-10-11(17(10,3)4)16(22)23-7-9-14(20)12(18)8(2)13(19)15(9)21;/h6,10-11H,7H2,1-4H3;/q-1;. The van der Waals surface area contributed by atoms with E-state index in [2.05, 4.69) is 6.08 Å². The van der Waals surface area contributed by atoms with E-state index in [9.17, 15) is 22.4 Å². The van der Waals surface area contributed by atoms with E-state index in [4.69, 9.17) is 4.74 Å². The first-order valence-corrected chi connectivity index (χ1v) is 7.13. The minimum Gasteiger partial charge on any atom is -0.503 e. The van der Waals surface area contributed by atoms with Crippen LogP contribution in [0.1, 0.15) is 31.9 Å². The van der Waals surface area contributed by atoms with Crippen LogP contribution in [0.3, 0.4) is 0 Å². The monoisotopic (exact) mass is 418 g/mol. The predicted octanol–water partition coefficient (Wildman–Crippen LogP) is 4.24. The van der Waals surface area contributed by atoms with Crippen molar-refractivity contribution < 1.29 is 59.8 Å². The van der Waals surface area contributed by atoms with Crippen molar-refractivity contribution in [2.45, 2.75) is 34.3 Å². The van der Waals surface area contributed by atoms with Gasteiger partial charge < -0.3 is 10.8 Å². The molecule has 0 aromatic heterocycles. The van der Waals surface area contributed by atoms with Gasteiger partial charge in [0.15, 0.2) is 23.3 Å². The minimum atomic E-state index is -1.54. The SMILES string of the molecule is C[C-]=CC1C(C(=O)OCc2c(F)c(F)c(C)c(F)c2F)C1(C)C.[Y]. The van der Waals surface area contributed by atoms with Crippen LogP contribution in [0.25, 0.3) is 0 Å². The van der Waals surface area contributed by atoms with E-state index < -0.39 is 52.9 Å². The summed E-state index contributed by atoms with van der Waals surface area (Å²) in [5, 5.41) is 0. The van der Waals surface area contributed by atoms with Gasteiger partial charge in [-0.25, -0.2) is 17.6 Å². The van der Waals surface area contributed by atoms with Gasteiger partial charge in [0, 0.05) is 38.3 Å². The summed E-state index contributed by atoms with van der Waals surface area (Å²) in [4.78, 5) is 12.0. The second-order valence-corrected chi connectivity index (χ2v) is 6.25. The fraction of sp³-hybridized carbons (Fsp3) is 0.471. The van der Waals surface area contributed by atoms with Crippen molar-refractivity contribution >= 4 is 5.97 Å². The van der Waals surface area contributed by atoms with E-state index in [1.54, 1.807) is 13.0 Å². The molecule has 0 N–H and O–H groups in total. The second kappa shape index (κ2) is 7.65. The van der Waals surface area contributed by atoms with E-state index in [1.165, 1.54) is 0 Å². The molecule has 2 atom stereocenters. The summed E-state index contributed by atoms with van der Waals surface area (Å²) < 4.78 is 59.3. The predicted molar refractivity (Wildman–Crippen MR) is 75.1 cm³/mol. The third-order valence-electron chi connectivity index (χ3n) is 4.44. The number of ether oxygens (including phenoxy) is 1. The maximum Gasteiger partial charge on any atom is 0.310 e. The number of allylic oxidation sites excluding steroid dienone is 2. The van der Waals surface area contributed by atoms with Gasteiger partial charge in [0.2, 0.25) is 0 Å². The third-order valence-corrected chi connectivity index (χ3v) is 4.44. The molecule has 0 saturated heterocycles. The van der Waals surface area contributed by atoms with Gasteiger partial charge in [-0.15, -0.1) is 0 Å². The molecule has 0 spiro atoms. The van der Waals surface area contributed by atoms with Gasteiger partial charge in [-0.1, -0.05) is 13.8 Å². The fourth-order valence-corrected chi connectivity index (χ4v) is 2.77. The van der Waals surface area contributed by atoms with Crippen LogP contribution >= 0.6 is 0 Å². The zero-order chi connectivity index (χ0) is 17.5. The molecule has 1 saturated carbocycles. The zero-order valence-corrected chi connectivity index (χ0v) is 16.7. The maximum atomic E-state index is 13.7. The van der Waals surface area contributed by atoms with Gasteiger partial charge >= 0.3 is 5.97 Å². The smallest absolute Gasteiger partial charge is 0.310 e. The first-order chi connectivity index (χ1) is 10.6. The van der Waals surface area contributed by atoms with Crippen molar-refractivity contribution in [2.75, 3.05) is 0 Å². The summed E-state index contributed by atoms with van der Waals surface area (Å²) in [6.07, 6.45) is 4.57. The molecular weight excluding hydrogens is 401 g/mol. The number of benzene rings is 1. The van der Waals surface area contributed by atoms with Crippen LogP contribution in [0.2, 0.25) is 0 Å². The number of carbonyl (C=O) groups is 1. The molecule has 1 aromatic rings. The number of rotatable bonds is 4. The van der Waals surface area contributed by atoms with Crippen molar-refractivity contribution in [3.8, 4) is 0 Å². The van der Waals surface area contributed by atoms with E-state index in [0.29, 0.717) is 0 Å². The van der Waals surface area contributed by atoms with Gasteiger partial charge in [0.05, 0.1) is 11.5 Å². The largest absolute Gasteiger partial charge is 0.503 e. The van der Waals surface area contributed by atoms with Crippen LogP contribution in [0, 0.1) is 53.5 Å². The van der Waals surface area contributed by atoms with Crippen LogP contribution in [0.15, 0.2) is 6.08 Å². The third kappa shape index (κ3) is 3.59. The molecule has 2 unspecified atom stereocenters. The average molecular weight is 418 g/mol. The topological polar surface area (TPSA) is 26.3 Å². The summed E-state index contributed by atoms with van der Waals surface area (Å²) >= 11 is 0. The summed E-state index contributed by atoms with van der Waals surface area (Å²) in [5.74, 6) is -7.26. The van der Waals surface area contributed by atoms with Crippen LogP contribution in [-0.2, 0) is 48.8 Å². The van der Waals surface area contributed by atoms with Gasteiger partial charge in [-0.2, -0.15) is 6.92 Å². The van der Waals surface area contributed by atoms with Crippen molar-refractivity contribution in [2.24, 2.45) is 17.3 Å². The maximum absolute atomic E-state index is 13.7. The van der Waals surface area contributed by atoms with E-state index >= 15 is 0 Å². The Morgan fingerprint density at radius 2 is 1.67 bits per heavy atom. The Labute approximate surface area is 163 Å². The first-order valence-electron chi connectivity index (χ1n) is 7.13. The van der Waals surface area contributed by atoms with Crippen LogP contribution in [-0.4, -0.2) is 5.97 Å². The summed E-state index contributed by atoms with van der Waals surface area (Å²) in [6.45, 7) is 5.47. The quantitative estimate of drug-likeness (QED) is 0.317. The van der Waals surface area contributed by atoms with Crippen LogP contribution in [0.5, 0.6) is 0 Å². The molecule has 129 valence electrons. The molecule has 1 aliphatic rings. The molecular formula is C17H17F4O2Y-. The van der Waals surface area contributed by atoms with Crippen LogP contribution in [0.4, 0.5) is 17.6 Å². The molecule has 0 heterocycles. The zero-order valence-electron chi connectivity index (χ0n) is 13.8. The first kappa shape index (κ1) is 21.3. The number of esters is 1. The molecule has 2 nitrogen and oxygen atoms in total. The van der Waals surface area contributed by atoms with E-state index in [-0.39, 0.29) is 44.0 Å². The Balaban J connectivity index is 0.00000288. The number of carbonyl (C=O) groups excluding carboxylic acids is 1. The van der Waals surface area contributed by atoms with Gasteiger partial charge in [-0.05, 0) is 18.3 Å². The Morgan fingerprint density at radius 3 is 2.12 bits per heavy atom. The van der Waals surface area contributed by atoms with Gasteiger partial charge in [0.25, 0.3) is 0 Å². The van der Waals surface area contributed by atoms with E-state index in [1.807, 2.05) is 13.8 Å². The molecule has 0 bridgehead atoms. The van der Waals surface area contributed by atoms with E-state index in [0.717, 1.165) is 6.92 Å². The minimum absolute atomic E-state index is 0. The Hall–Kier alpha value is -0.746. The normalized spacial score (nSPS) is 21.5. The van der Waals surface area contributed by atoms with Crippen molar-refractivity contribution in [1.82, 2.24) is 0 Å². The number of hydrogen-bond acceptors (Lipinski definition) is 2. The molecule has 1 aromatic carbocycles. The fourth-order valence-electron chi connectivity index (χ4n) is 2.77. The van der Waals surface area contributed by atoms with Gasteiger partial charge in [-0.3, -0.25) is 10.9 Å². The van der Waals surface area contributed by atoms with Gasteiger partial charge in [0.1, 0.15) is 6.61 Å². The molecule has 24 heavy (non-hydrogen) atoms. The molecule has 0 amide bonds. The molecule has 1 aliphatic carbocycles. The molecule has 1 radical (unpaired) electrons. The summed E-state index contributed by atoms with van der Waals surface area (Å²) in [7, 11) is 0. The molecule has 1 fully saturated rings. The Kier molecular flexibility index (Phi) is 6.79. The average Bonchev–Trinajstić information content (AvgIpc) is 3.04. The second-order valence-electron chi connectivity index (χ2n) is 6.25. The molecule has 2 rings (SSSR count). The van der Waals surface area contributed by atoms with Crippen molar-refractivity contribution in [3.63, 3.8) is 0 Å². The summed E-state index contributed by atoms with van der Waals surface area (Å²) in [5.41, 5.74) is -2.02. The Bertz CT molecular complexity index is 657. The van der Waals surface area contributed by atoms with Crippen molar-refractivity contribution in [3.05, 3.63) is 46.5 Å². The molecule has 7 heteroatoms. The summed E-state index contributed by atoms with van der Waals surface area (Å²) in [6, 6.07) is 0. The van der Waals surface area contributed by atoms with Crippen LogP contribution < -0.4 is 0 Å². The Morgan fingerprint density at radius 1 is 1.17 bits per heavy atom. The van der Waals surface area contributed by atoms with Crippen molar-refractivity contribution in [1.29, 1.82) is 0 Å².